The third kappa shape index (κ3) is 6.34. The number of piperidine rings is 1. The first-order valence-electron chi connectivity index (χ1n) is 10.8. The number of carbonyl (C=O) groups is 2. The summed E-state index contributed by atoms with van der Waals surface area (Å²) in [7, 11) is 0. The van der Waals surface area contributed by atoms with Crippen molar-refractivity contribution in [3.63, 3.8) is 0 Å². The third-order valence-electron chi connectivity index (χ3n) is 5.34. The van der Waals surface area contributed by atoms with Crippen LogP contribution in [0.3, 0.4) is 0 Å². The standard InChI is InChI=1S/C25H33N3O2/c1-25(2,3)17-23(29)27-20-13-15-28(16-14-20)22-12-8-7-11-21(22)24(30)26-18-19-9-5-4-6-10-19/h4-12,20H,13-18H2,1-3H3,(H,26,30)(H,27,29). The van der Waals surface area contributed by atoms with E-state index in [1.54, 1.807) is 0 Å². The Morgan fingerprint density at radius 1 is 0.967 bits per heavy atom. The number of hydrogen-bond donors (Lipinski definition) is 2. The minimum atomic E-state index is -0.0601. The molecule has 0 unspecified atom stereocenters. The van der Waals surface area contributed by atoms with Crippen molar-refractivity contribution in [1.82, 2.24) is 10.6 Å². The van der Waals surface area contributed by atoms with Crippen molar-refractivity contribution in [3.05, 3.63) is 65.7 Å². The Labute approximate surface area is 179 Å². The second-order valence-electron chi connectivity index (χ2n) is 9.25. The summed E-state index contributed by atoms with van der Waals surface area (Å²) >= 11 is 0. The lowest BCUT2D eigenvalue weighted by molar-refractivity contribution is -0.123. The van der Waals surface area contributed by atoms with Gasteiger partial charge >= 0.3 is 0 Å². The van der Waals surface area contributed by atoms with Crippen LogP contribution in [0.5, 0.6) is 0 Å². The maximum Gasteiger partial charge on any atom is 0.253 e. The third-order valence-corrected chi connectivity index (χ3v) is 5.34. The zero-order chi connectivity index (χ0) is 21.6. The van der Waals surface area contributed by atoms with E-state index >= 15 is 0 Å². The Morgan fingerprint density at radius 3 is 2.27 bits per heavy atom. The molecule has 0 atom stereocenters. The first-order valence-corrected chi connectivity index (χ1v) is 10.8. The molecule has 0 aliphatic carbocycles. The molecule has 2 aromatic carbocycles. The number of hydrogen-bond acceptors (Lipinski definition) is 3. The van der Waals surface area contributed by atoms with Crippen molar-refractivity contribution in [3.8, 4) is 0 Å². The number of carbonyl (C=O) groups excluding carboxylic acids is 2. The van der Waals surface area contributed by atoms with Crippen LogP contribution in [0.25, 0.3) is 0 Å². The number of nitrogens with one attached hydrogen (secondary N) is 2. The van der Waals surface area contributed by atoms with Gasteiger partial charge in [0.1, 0.15) is 0 Å². The monoisotopic (exact) mass is 407 g/mol. The van der Waals surface area contributed by atoms with Gasteiger partial charge in [0, 0.05) is 37.8 Å². The molecule has 1 saturated heterocycles. The van der Waals surface area contributed by atoms with E-state index < -0.39 is 0 Å². The highest BCUT2D eigenvalue weighted by atomic mass is 16.2. The summed E-state index contributed by atoms with van der Waals surface area (Å²) in [5, 5.41) is 6.21. The summed E-state index contributed by atoms with van der Waals surface area (Å²) < 4.78 is 0. The average molecular weight is 408 g/mol. The summed E-state index contributed by atoms with van der Waals surface area (Å²) in [5.74, 6) is 0.0664. The molecule has 2 aromatic rings. The van der Waals surface area contributed by atoms with E-state index in [0.717, 1.165) is 37.2 Å². The molecule has 0 saturated carbocycles. The lowest BCUT2D eigenvalue weighted by Crippen LogP contribution is -2.45. The highest BCUT2D eigenvalue weighted by molar-refractivity contribution is 5.99. The van der Waals surface area contributed by atoms with E-state index in [1.807, 2.05) is 54.6 Å². The number of para-hydroxylation sites is 1. The van der Waals surface area contributed by atoms with Crippen LogP contribution in [-0.2, 0) is 11.3 Å². The van der Waals surface area contributed by atoms with Gasteiger partial charge in [-0.05, 0) is 36.0 Å². The van der Waals surface area contributed by atoms with E-state index in [1.165, 1.54) is 0 Å². The Balaban J connectivity index is 1.57. The molecule has 0 aromatic heterocycles. The molecule has 3 rings (SSSR count). The van der Waals surface area contributed by atoms with Crippen LogP contribution >= 0.6 is 0 Å². The molecule has 0 spiro atoms. The molecular weight excluding hydrogens is 374 g/mol. The smallest absolute Gasteiger partial charge is 0.253 e. The van der Waals surface area contributed by atoms with Gasteiger partial charge in [-0.2, -0.15) is 0 Å². The molecule has 160 valence electrons. The topological polar surface area (TPSA) is 61.4 Å². The largest absolute Gasteiger partial charge is 0.371 e. The summed E-state index contributed by atoms with van der Waals surface area (Å²) in [4.78, 5) is 27.3. The second kappa shape index (κ2) is 9.79. The highest BCUT2D eigenvalue weighted by Crippen LogP contribution is 2.25. The van der Waals surface area contributed by atoms with Crippen LogP contribution < -0.4 is 15.5 Å². The molecule has 1 fully saturated rings. The van der Waals surface area contributed by atoms with Crippen molar-refractivity contribution in [2.45, 2.75) is 52.6 Å². The summed E-state index contributed by atoms with van der Waals surface area (Å²) in [5.41, 5.74) is 2.73. The van der Waals surface area contributed by atoms with Gasteiger partial charge in [0.2, 0.25) is 5.91 Å². The highest BCUT2D eigenvalue weighted by Gasteiger charge is 2.25. The number of anilines is 1. The van der Waals surface area contributed by atoms with Gasteiger partial charge in [0.05, 0.1) is 5.56 Å². The van der Waals surface area contributed by atoms with Crippen molar-refractivity contribution in [2.24, 2.45) is 5.41 Å². The minimum absolute atomic E-state index is 0.00314. The molecule has 2 amide bonds. The van der Waals surface area contributed by atoms with Crippen LogP contribution in [0.2, 0.25) is 0 Å². The van der Waals surface area contributed by atoms with Crippen molar-refractivity contribution < 1.29 is 9.59 Å². The SMILES string of the molecule is CC(C)(C)CC(=O)NC1CCN(c2ccccc2C(=O)NCc2ccccc2)CC1. The Kier molecular flexibility index (Phi) is 7.14. The molecule has 1 heterocycles. The molecule has 1 aliphatic rings. The molecule has 0 bridgehead atoms. The molecule has 5 heteroatoms. The average Bonchev–Trinajstić information content (AvgIpc) is 2.72. The lowest BCUT2D eigenvalue weighted by atomic mass is 9.91. The fourth-order valence-electron chi connectivity index (χ4n) is 3.84. The van der Waals surface area contributed by atoms with Gasteiger partial charge in [0.15, 0.2) is 0 Å². The summed E-state index contributed by atoms with van der Waals surface area (Å²) in [6.07, 6.45) is 2.31. The number of rotatable bonds is 6. The van der Waals surface area contributed by atoms with E-state index in [0.29, 0.717) is 18.5 Å². The van der Waals surface area contributed by atoms with Crippen molar-refractivity contribution in [1.29, 1.82) is 0 Å². The number of benzene rings is 2. The van der Waals surface area contributed by atoms with Gasteiger partial charge in [-0.25, -0.2) is 0 Å². The van der Waals surface area contributed by atoms with Gasteiger partial charge in [-0.15, -0.1) is 0 Å². The van der Waals surface area contributed by atoms with Crippen LogP contribution in [0.4, 0.5) is 5.69 Å². The number of amides is 2. The van der Waals surface area contributed by atoms with Crippen LogP contribution in [0.15, 0.2) is 54.6 Å². The lowest BCUT2D eigenvalue weighted by Gasteiger charge is -2.35. The quantitative estimate of drug-likeness (QED) is 0.757. The van der Waals surface area contributed by atoms with Gasteiger partial charge in [-0.3, -0.25) is 9.59 Å². The minimum Gasteiger partial charge on any atom is -0.371 e. The van der Waals surface area contributed by atoms with E-state index in [9.17, 15) is 9.59 Å². The molecular formula is C25H33N3O2. The Morgan fingerprint density at radius 2 is 1.60 bits per heavy atom. The van der Waals surface area contributed by atoms with Gasteiger partial charge in [0.25, 0.3) is 5.91 Å². The first-order chi connectivity index (χ1) is 14.3. The van der Waals surface area contributed by atoms with E-state index in [-0.39, 0.29) is 23.3 Å². The van der Waals surface area contributed by atoms with Gasteiger partial charge < -0.3 is 15.5 Å². The van der Waals surface area contributed by atoms with Crippen LogP contribution in [0.1, 0.15) is 56.0 Å². The fraction of sp³-hybridized carbons (Fsp3) is 0.440. The molecule has 5 nitrogen and oxygen atoms in total. The first kappa shape index (κ1) is 21.9. The predicted octanol–water partition coefficient (Wildman–Crippen LogP) is 4.14. The Hall–Kier alpha value is -2.82. The summed E-state index contributed by atoms with van der Waals surface area (Å²) in [6, 6.07) is 17.9. The second-order valence-corrected chi connectivity index (χ2v) is 9.25. The Bertz CT molecular complexity index is 850. The van der Waals surface area contributed by atoms with Crippen molar-refractivity contribution in [2.75, 3.05) is 18.0 Å². The van der Waals surface area contributed by atoms with Crippen LogP contribution in [0, 0.1) is 5.41 Å². The van der Waals surface area contributed by atoms with E-state index in [2.05, 4.69) is 36.3 Å². The van der Waals surface area contributed by atoms with Gasteiger partial charge in [-0.1, -0.05) is 63.2 Å². The molecule has 1 aliphatic heterocycles. The van der Waals surface area contributed by atoms with Crippen molar-refractivity contribution >= 4 is 17.5 Å². The van der Waals surface area contributed by atoms with E-state index in [4.69, 9.17) is 0 Å². The summed E-state index contributed by atoms with van der Waals surface area (Å²) in [6.45, 7) is 8.39. The number of nitrogens with zero attached hydrogens (tertiary/aromatic N) is 1. The fourth-order valence-corrected chi connectivity index (χ4v) is 3.84. The maximum atomic E-state index is 12.8. The zero-order valence-corrected chi connectivity index (χ0v) is 18.3. The van der Waals surface area contributed by atoms with Crippen LogP contribution in [-0.4, -0.2) is 30.9 Å². The predicted molar refractivity (Wildman–Crippen MR) is 122 cm³/mol. The maximum absolute atomic E-state index is 12.8. The molecule has 0 radical (unpaired) electrons. The molecule has 30 heavy (non-hydrogen) atoms. The zero-order valence-electron chi connectivity index (χ0n) is 18.3. The molecule has 2 N–H and O–H groups in total. The normalized spacial score (nSPS) is 15.0.